The van der Waals surface area contributed by atoms with Gasteiger partial charge in [0.05, 0.1) is 22.1 Å². The van der Waals surface area contributed by atoms with E-state index in [1.54, 1.807) is 0 Å². The van der Waals surface area contributed by atoms with Crippen LogP contribution in [0.3, 0.4) is 0 Å². The summed E-state index contributed by atoms with van der Waals surface area (Å²) in [4.78, 5) is 16.8. The zero-order chi connectivity index (χ0) is 17.6. The molecular weight excluding hydrogens is 308 g/mol. The monoisotopic (exact) mass is 332 g/mol. The first kappa shape index (κ1) is 15.9. The molecule has 0 aliphatic rings. The van der Waals surface area contributed by atoms with Crippen LogP contribution in [0.5, 0.6) is 0 Å². The van der Waals surface area contributed by atoms with E-state index in [-0.39, 0.29) is 5.41 Å². The quantitative estimate of drug-likeness (QED) is 0.554. The van der Waals surface area contributed by atoms with Crippen molar-refractivity contribution in [1.29, 1.82) is 0 Å². The van der Waals surface area contributed by atoms with Crippen LogP contribution in [-0.4, -0.2) is 19.9 Å². The van der Waals surface area contributed by atoms with E-state index in [9.17, 15) is 0 Å². The Morgan fingerprint density at radius 2 is 1.48 bits per heavy atom. The zero-order valence-electron chi connectivity index (χ0n) is 15.3. The lowest BCUT2D eigenvalue weighted by molar-refractivity contribution is 0.420. The predicted octanol–water partition coefficient (Wildman–Crippen LogP) is 4.97. The Labute approximate surface area is 147 Å². The van der Waals surface area contributed by atoms with Crippen molar-refractivity contribution < 1.29 is 0 Å². The Morgan fingerprint density at radius 3 is 2.04 bits per heavy atom. The molecule has 0 fully saturated rings. The molecule has 0 amide bonds. The van der Waals surface area contributed by atoms with Crippen molar-refractivity contribution >= 4 is 22.1 Å². The SMILES string of the molecule is CCC(C)(Cc1nc2c(C)cccc2[nH]1)c1nc2c(C)cccc2[nH]1. The number of hydrogen-bond acceptors (Lipinski definition) is 2. The van der Waals surface area contributed by atoms with Crippen LogP contribution in [-0.2, 0) is 11.8 Å². The third kappa shape index (κ3) is 2.62. The Hall–Kier alpha value is -2.62. The molecule has 0 saturated carbocycles. The predicted molar refractivity (Wildman–Crippen MR) is 103 cm³/mol. The second-order valence-electron chi connectivity index (χ2n) is 7.30. The lowest BCUT2D eigenvalue weighted by Crippen LogP contribution is -2.26. The first-order chi connectivity index (χ1) is 12.0. The fourth-order valence-electron chi connectivity index (χ4n) is 3.52. The van der Waals surface area contributed by atoms with E-state index in [0.717, 1.165) is 46.6 Å². The van der Waals surface area contributed by atoms with Crippen LogP contribution >= 0.6 is 0 Å². The molecule has 0 aliphatic heterocycles. The minimum absolute atomic E-state index is 0.0900. The van der Waals surface area contributed by atoms with Crippen molar-refractivity contribution in [3.8, 4) is 0 Å². The normalized spacial score (nSPS) is 14.2. The van der Waals surface area contributed by atoms with Crippen LogP contribution in [0.2, 0.25) is 0 Å². The van der Waals surface area contributed by atoms with Gasteiger partial charge >= 0.3 is 0 Å². The summed E-state index contributed by atoms with van der Waals surface area (Å²) in [5, 5.41) is 0. The van der Waals surface area contributed by atoms with E-state index in [1.165, 1.54) is 11.1 Å². The molecule has 4 heteroatoms. The van der Waals surface area contributed by atoms with Gasteiger partial charge in [-0.15, -0.1) is 0 Å². The van der Waals surface area contributed by atoms with E-state index >= 15 is 0 Å². The molecule has 0 radical (unpaired) electrons. The number of nitrogens with zero attached hydrogens (tertiary/aromatic N) is 2. The Balaban J connectivity index is 1.76. The number of fused-ring (bicyclic) bond motifs is 2. The number of aryl methyl sites for hydroxylation is 2. The van der Waals surface area contributed by atoms with Gasteiger partial charge in [-0.05, 0) is 43.5 Å². The summed E-state index contributed by atoms with van der Waals surface area (Å²) >= 11 is 0. The third-order valence-electron chi connectivity index (χ3n) is 5.39. The molecule has 128 valence electrons. The molecule has 0 aliphatic carbocycles. The summed E-state index contributed by atoms with van der Waals surface area (Å²) in [6.45, 7) is 8.69. The van der Waals surface area contributed by atoms with Gasteiger partial charge in [0.1, 0.15) is 11.6 Å². The number of nitrogens with one attached hydrogen (secondary N) is 2. The first-order valence-corrected chi connectivity index (χ1v) is 8.90. The number of rotatable bonds is 4. The Kier molecular flexibility index (Phi) is 3.64. The van der Waals surface area contributed by atoms with Crippen molar-refractivity contribution in [2.24, 2.45) is 0 Å². The molecule has 0 saturated heterocycles. The van der Waals surface area contributed by atoms with Gasteiger partial charge in [0.15, 0.2) is 0 Å². The Morgan fingerprint density at radius 1 is 0.880 bits per heavy atom. The van der Waals surface area contributed by atoms with Gasteiger partial charge in [-0.25, -0.2) is 9.97 Å². The molecule has 4 rings (SSSR count). The van der Waals surface area contributed by atoms with Crippen molar-refractivity contribution in [1.82, 2.24) is 19.9 Å². The van der Waals surface area contributed by atoms with E-state index in [4.69, 9.17) is 9.97 Å². The molecule has 1 unspecified atom stereocenters. The number of para-hydroxylation sites is 2. The second kappa shape index (κ2) is 5.73. The highest BCUT2D eigenvalue weighted by molar-refractivity contribution is 5.79. The van der Waals surface area contributed by atoms with Gasteiger partial charge in [0, 0.05) is 11.8 Å². The molecule has 25 heavy (non-hydrogen) atoms. The third-order valence-corrected chi connectivity index (χ3v) is 5.39. The van der Waals surface area contributed by atoms with Crippen LogP contribution in [0.4, 0.5) is 0 Å². The molecule has 2 aromatic carbocycles. The standard InChI is InChI=1S/C21H24N4/c1-5-21(4,20-23-16-11-7-9-14(3)19(16)25-20)12-17-22-15-10-6-8-13(2)18(15)24-17/h6-11H,5,12H2,1-4H3,(H,22,24)(H,23,25). The molecule has 0 spiro atoms. The van der Waals surface area contributed by atoms with Crippen LogP contribution in [0, 0.1) is 13.8 Å². The van der Waals surface area contributed by atoms with Crippen LogP contribution < -0.4 is 0 Å². The van der Waals surface area contributed by atoms with Gasteiger partial charge in [-0.2, -0.15) is 0 Å². The number of imidazole rings is 2. The van der Waals surface area contributed by atoms with Gasteiger partial charge in [-0.3, -0.25) is 0 Å². The maximum Gasteiger partial charge on any atom is 0.113 e. The molecule has 2 N–H and O–H groups in total. The van der Waals surface area contributed by atoms with Crippen molar-refractivity contribution in [3.63, 3.8) is 0 Å². The maximum absolute atomic E-state index is 4.93. The molecule has 4 nitrogen and oxygen atoms in total. The highest BCUT2D eigenvalue weighted by Crippen LogP contribution is 2.31. The van der Waals surface area contributed by atoms with Crippen molar-refractivity contribution in [2.75, 3.05) is 0 Å². The fourth-order valence-corrected chi connectivity index (χ4v) is 3.52. The molecule has 2 aromatic heterocycles. The molecular formula is C21H24N4. The Bertz CT molecular complexity index is 1060. The summed E-state index contributed by atoms with van der Waals surface area (Å²) in [5.74, 6) is 2.06. The van der Waals surface area contributed by atoms with E-state index < -0.39 is 0 Å². The lowest BCUT2D eigenvalue weighted by atomic mass is 9.83. The second-order valence-corrected chi connectivity index (χ2v) is 7.30. The van der Waals surface area contributed by atoms with Crippen molar-refractivity contribution in [3.05, 3.63) is 59.2 Å². The summed E-state index contributed by atoms with van der Waals surface area (Å²) in [5.41, 5.74) is 6.67. The van der Waals surface area contributed by atoms with Crippen molar-refractivity contribution in [2.45, 2.75) is 46.0 Å². The summed E-state index contributed by atoms with van der Waals surface area (Å²) in [6, 6.07) is 12.5. The summed E-state index contributed by atoms with van der Waals surface area (Å²) < 4.78 is 0. The number of aromatic nitrogens is 4. The summed E-state index contributed by atoms with van der Waals surface area (Å²) in [6.07, 6.45) is 1.82. The highest BCUT2D eigenvalue weighted by Gasteiger charge is 2.30. The average molecular weight is 332 g/mol. The maximum atomic E-state index is 4.93. The number of hydrogen-bond donors (Lipinski definition) is 2. The van der Waals surface area contributed by atoms with E-state index in [1.807, 2.05) is 0 Å². The minimum atomic E-state index is -0.0900. The number of H-pyrrole nitrogens is 2. The fraction of sp³-hybridized carbons (Fsp3) is 0.333. The largest absolute Gasteiger partial charge is 0.342 e. The topological polar surface area (TPSA) is 57.4 Å². The van der Waals surface area contributed by atoms with Gasteiger partial charge in [0.2, 0.25) is 0 Å². The average Bonchev–Trinajstić information content (AvgIpc) is 3.20. The summed E-state index contributed by atoms with van der Waals surface area (Å²) in [7, 11) is 0. The van der Waals surface area contributed by atoms with Crippen LogP contribution in [0.25, 0.3) is 22.1 Å². The minimum Gasteiger partial charge on any atom is -0.342 e. The smallest absolute Gasteiger partial charge is 0.113 e. The molecule has 2 heterocycles. The van der Waals surface area contributed by atoms with E-state index in [0.29, 0.717) is 0 Å². The van der Waals surface area contributed by atoms with E-state index in [2.05, 4.69) is 74.1 Å². The molecule has 1 atom stereocenters. The number of benzene rings is 2. The molecule has 0 bridgehead atoms. The lowest BCUT2D eigenvalue weighted by Gasteiger charge is -2.24. The van der Waals surface area contributed by atoms with Gasteiger partial charge in [0.25, 0.3) is 0 Å². The molecule has 4 aromatic rings. The number of aromatic amines is 2. The van der Waals surface area contributed by atoms with Crippen LogP contribution in [0.1, 0.15) is 43.0 Å². The zero-order valence-corrected chi connectivity index (χ0v) is 15.3. The van der Waals surface area contributed by atoms with Gasteiger partial charge < -0.3 is 9.97 Å². The van der Waals surface area contributed by atoms with Gasteiger partial charge in [-0.1, -0.05) is 38.1 Å². The first-order valence-electron chi connectivity index (χ1n) is 8.90. The van der Waals surface area contributed by atoms with Crippen LogP contribution in [0.15, 0.2) is 36.4 Å². The highest BCUT2D eigenvalue weighted by atomic mass is 15.0.